The van der Waals surface area contributed by atoms with Gasteiger partial charge in [0.2, 0.25) is 5.24 Å². The van der Waals surface area contributed by atoms with Gasteiger partial charge in [0.1, 0.15) is 0 Å². The molecule has 0 spiro atoms. The predicted molar refractivity (Wildman–Crippen MR) is 31.1 cm³/mol. The quantitative estimate of drug-likeness (QED) is 0.536. The van der Waals surface area contributed by atoms with Gasteiger partial charge >= 0.3 is 5.97 Å². The molecule has 5 heteroatoms. The number of aliphatic carboxylic acids is 1. The van der Waals surface area contributed by atoms with Crippen LogP contribution in [0.15, 0.2) is 0 Å². The summed E-state index contributed by atoms with van der Waals surface area (Å²) >= 11 is 4.85. The van der Waals surface area contributed by atoms with E-state index in [2.05, 4.69) is 0 Å². The third-order valence-electron chi connectivity index (χ3n) is 0.686. The molecular formula is C4H6ClNO3. The highest BCUT2D eigenvalue weighted by Crippen LogP contribution is 1.92. The molecule has 0 aliphatic carbocycles. The van der Waals surface area contributed by atoms with E-state index in [0.717, 1.165) is 0 Å². The summed E-state index contributed by atoms with van der Waals surface area (Å²) in [6, 6.07) is -1.08. The summed E-state index contributed by atoms with van der Waals surface area (Å²) in [5.41, 5.74) is 4.96. The first-order valence-corrected chi connectivity index (χ1v) is 2.58. The monoisotopic (exact) mass is 151 g/mol. The molecule has 0 aromatic rings. The van der Waals surface area contributed by atoms with Gasteiger partial charge in [-0.15, -0.1) is 0 Å². The molecule has 0 unspecified atom stereocenters. The fraction of sp³-hybridized carbons (Fsp3) is 0.500. The van der Waals surface area contributed by atoms with E-state index in [1.54, 1.807) is 0 Å². The maximum atomic E-state index is 10.1. The molecule has 9 heavy (non-hydrogen) atoms. The number of carboxylic acid groups (broad SMARTS) is 1. The van der Waals surface area contributed by atoms with Crippen LogP contribution in [0.5, 0.6) is 0 Å². The minimum absolute atomic E-state index is 0.414. The second-order valence-electron chi connectivity index (χ2n) is 1.51. The van der Waals surface area contributed by atoms with Crippen molar-refractivity contribution in [1.29, 1.82) is 0 Å². The van der Waals surface area contributed by atoms with E-state index in [-0.39, 0.29) is 0 Å². The fourth-order valence-electron chi connectivity index (χ4n) is 0.268. The zero-order valence-electron chi connectivity index (χ0n) is 4.50. The first-order chi connectivity index (χ1) is 4.04. The van der Waals surface area contributed by atoms with Crippen LogP contribution < -0.4 is 5.73 Å². The smallest absolute Gasteiger partial charge is 0.305 e. The fourth-order valence-corrected chi connectivity index (χ4v) is 0.346. The minimum Gasteiger partial charge on any atom is -0.481 e. The highest BCUT2D eigenvalue weighted by molar-refractivity contribution is 6.64. The first kappa shape index (κ1) is 8.39. The van der Waals surface area contributed by atoms with Gasteiger partial charge in [-0.25, -0.2) is 0 Å². The lowest BCUT2D eigenvalue weighted by atomic mass is 10.2. The maximum absolute atomic E-state index is 10.1. The Hall–Kier alpha value is -0.610. The number of hydrogen-bond acceptors (Lipinski definition) is 3. The van der Waals surface area contributed by atoms with Crippen LogP contribution in [-0.4, -0.2) is 22.4 Å². The Morgan fingerprint density at radius 2 is 2.11 bits per heavy atom. The van der Waals surface area contributed by atoms with Crippen LogP contribution in [0, 0.1) is 0 Å². The largest absolute Gasteiger partial charge is 0.481 e. The average molecular weight is 152 g/mol. The molecule has 0 aromatic heterocycles. The molecule has 52 valence electrons. The normalized spacial score (nSPS) is 12.7. The van der Waals surface area contributed by atoms with E-state index in [1.165, 1.54) is 0 Å². The standard InChI is InChI=1S/C4H6ClNO3/c5-4(9)2(6)1-3(7)8/h2H,1,6H2,(H,7,8)/t2-/m0/s1. The summed E-state index contributed by atoms with van der Waals surface area (Å²) in [7, 11) is 0. The van der Waals surface area contributed by atoms with E-state index < -0.39 is 23.7 Å². The van der Waals surface area contributed by atoms with Crippen molar-refractivity contribution in [2.45, 2.75) is 12.5 Å². The summed E-state index contributed by atoms with van der Waals surface area (Å²) in [4.78, 5) is 19.9. The van der Waals surface area contributed by atoms with Crippen LogP contribution in [0.25, 0.3) is 0 Å². The van der Waals surface area contributed by atoms with Gasteiger partial charge in [-0.1, -0.05) is 0 Å². The van der Waals surface area contributed by atoms with Gasteiger partial charge in [0.25, 0.3) is 0 Å². The lowest BCUT2D eigenvalue weighted by Gasteiger charge is -1.98. The number of halogens is 1. The van der Waals surface area contributed by atoms with Gasteiger partial charge in [-0.2, -0.15) is 0 Å². The third-order valence-corrected chi connectivity index (χ3v) is 0.966. The van der Waals surface area contributed by atoms with Crippen molar-refractivity contribution in [2.75, 3.05) is 0 Å². The predicted octanol–water partition coefficient (Wildman–Crippen LogP) is -0.446. The molecule has 0 heterocycles. The number of hydrogen-bond donors (Lipinski definition) is 2. The number of carboxylic acids is 1. The molecule has 4 nitrogen and oxygen atoms in total. The minimum atomic E-state index is -1.13. The number of carbonyl (C=O) groups is 2. The number of carbonyl (C=O) groups excluding carboxylic acids is 1. The molecule has 0 saturated carbocycles. The van der Waals surface area contributed by atoms with Crippen molar-refractivity contribution >= 4 is 22.8 Å². The van der Waals surface area contributed by atoms with Crippen LogP contribution in [0.1, 0.15) is 6.42 Å². The van der Waals surface area contributed by atoms with E-state index >= 15 is 0 Å². The molecule has 0 saturated heterocycles. The van der Waals surface area contributed by atoms with Gasteiger partial charge in [-0.3, -0.25) is 9.59 Å². The Labute approximate surface area is 56.6 Å². The summed E-state index contributed by atoms with van der Waals surface area (Å²) in [5.74, 6) is -1.13. The first-order valence-electron chi connectivity index (χ1n) is 2.20. The second kappa shape index (κ2) is 3.42. The maximum Gasteiger partial charge on any atom is 0.305 e. The highest BCUT2D eigenvalue weighted by atomic mass is 35.5. The Balaban J connectivity index is 3.63. The van der Waals surface area contributed by atoms with Gasteiger partial charge in [0.15, 0.2) is 0 Å². The molecule has 0 radical (unpaired) electrons. The average Bonchev–Trinajstić information content (AvgIpc) is 1.63. The zero-order chi connectivity index (χ0) is 7.44. The van der Waals surface area contributed by atoms with Crippen molar-refractivity contribution in [1.82, 2.24) is 0 Å². The van der Waals surface area contributed by atoms with Crippen LogP contribution in [0.2, 0.25) is 0 Å². The topological polar surface area (TPSA) is 80.4 Å². The molecule has 0 aliphatic rings. The van der Waals surface area contributed by atoms with Crippen molar-refractivity contribution < 1.29 is 14.7 Å². The molecule has 0 bridgehead atoms. The van der Waals surface area contributed by atoms with Crippen molar-refractivity contribution in [3.63, 3.8) is 0 Å². The van der Waals surface area contributed by atoms with E-state index in [4.69, 9.17) is 22.4 Å². The van der Waals surface area contributed by atoms with Crippen LogP contribution in [0.3, 0.4) is 0 Å². The van der Waals surface area contributed by atoms with E-state index in [0.29, 0.717) is 0 Å². The molecule has 3 N–H and O–H groups in total. The summed E-state index contributed by atoms with van der Waals surface area (Å²) < 4.78 is 0. The van der Waals surface area contributed by atoms with Crippen LogP contribution in [-0.2, 0) is 9.59 Å². The Kier molecular flexibility index (Phi) is 3.19. The van der Waals surface area contributed by atoms with E-state index in [9.17, 15) is 9.59 Å². The molecular weight excluding hydrogens is 146 g/mol. The molecule has 1 atom stereocenters. The molecule has 0 fully saturated rings. The molecule has 0 amide bonds. The zero-order valence-corrected chi connectivity index (χ0v) is 5.26. The third kappa shape index (κ3) is 3.93. The number of rotatable bonds is 3. The highest BCUT2D eigenvalue weighted by Gasteiger charge is 2.13. The van der Waals surface area contributed by atoms with Gasteiger partial charge in [-0.05, 0) is 11.6 Å². The Morgan fingerprint density at radius 1 is 1.67 bits per heavy atom. The summed E-state index contributed by atoms with van der Waals surface area (Å²) in [6.45, 7) is 0. The second-order valence-corrected chi connectivity index (χ2v) is 1.88. The lowest BCUT2D eigenvalue weighted by molar-refractivity contribution is -0.138. The SMILES string of the molecule is N[C@@H](CC(=O)O)C(=O)Cl. The Bertz CT molecular complexity index is 136. The van der Waals surface area contributed by atoms with Gasteiger partial charge in [0, 0.05) is 0 Å². The van der Waals surface area contributed by atoms with Crippen LogP contribution >= 0.6 is 11.6 Å². The van der Waals surface area contributed by atoms with Crippen LogP contribution in [0.4, 0.5) is 0 Å². The summed E-state index contributed by atoms with van der Waals surface area (Å²) in [6.07, 6.45) is -0.414. The summed E-state index contributed by atoms with van der Waals surface area (Å²) in [5, 5.41) is 7.22. The van der Waals surface area contributed by atoms with Crippen molar-refractivity contribution in [2.24, 2.45) is 5.73 Å². The van der Waals surface area contributed by atoms with Crippen molar-refractivity contribution in [3.05, 3.63) is 0 Å². The van der Waals surface area contributed by atoms with Gasteiger partial charge < -0.3 is 10.8 Å². The number of nitrogens with two attached hydrogens (primary N) is 1. The van der Waals surface area contributed by atoms with Crippen molar-refractivity contribution in [3.8, 4) is 0 Å². The van der Waals surface area contributed by atoms with E-state index in [1.807, 2.05) is 0 Å². The molecule has 0 rings (SSSR count). The van der Waals surface area contributed by atoms with Gasteiger partial charge in [0.05, 0.1) is 12.5 Å². The molecule has 0 aliphatic heterocycles. The lowest BCUT2D eigenvalue weighted by Crippen LogP contribution is -2.29. The Morgan fingerprint density at radius 3 is 2.22 bits per heavy atom. The molecule has 0 aromatic carbocycles.